The Morgan fingerprint density at radius 1 is 1.67 bits per heavy atom. The molecular weight excluding hydrogens is 300 g/mol. The number of likely N-dealkylation sites (tertiary alicyclic amines) is 1. The molecule has 100 valence electrons. The minimum atomic E-state index is -0.222. The second-order valence-corrected chi connectivity index (χ2v) is 5.31. The molecule has 1 unspecified atom stereocenters. The molecule has 0 saturated carbocycles. The number of hydrogen-bond donors (Lipinski definition) is 2. The highest BCUT2D eigenvalue weighted by Crippen LogP contribution is 2.20. The molecule has 1 saturated heterocycles. The first-order chi connectivity index (χ1) is 8.61. The molecule has 2 heterocycles. The number of aliphatic hydroxyl groups excluding tert-OH is 1. The Labute approximate surface area is 114 Å². The molecule has 2 rings (SSSR count). The van der Waals surface area contributed by atoms with Gasteiger partial charge in [-0.15, -0.1) is 0 Å². The molecule has 1 fully saturated rings. The molecule has 7 heteroatoms. The molecule has 2 N–H and O–H groups in total. The average Bonchev–Trinajstić information content (AvgIpc) is 2.75. The monoisotopic (exact) mass is 316 g/mol. The van der Waals surface area contributed by atoms with Crippen molar-refractivity contribution in [3.63, 3.8) is 0 Å². The molecule has 1 aromatic heterocycles. The average molecular weight is 317 g/mol. The van der Waals surface area contributed by atoms with Crippen LogP contribution in [0.3, 0.4) is 0 Å². The van der Waals surface area contributed by atoms with Gasteiger partial charge in [-0.25, -0.2) is 4.68 Å². The summed E-state index contributed by atoms with van der Waals surface area (Å²) >= 11 is 3.29. The van der Waals surface area contributed by atoms with Gasteiger partial charge in [0.15, 0.2) is 0 Å². The van der Waals surface area contributed by atoms with Crippen LogP contribution in [-0.4, -0.2) is 52.6 Å². The van der Waals surface area contributed by atoms with Crippen LogP contribution in [-0.2, 0) is 6.54 Å². The molecule has 1 aromatic rings. The summed E-state index contributed by atoms with van der Waals surface area (Å²) in [7, 11) is 2.08. The first kappa shape index (κ1) is 13.5. The van der Waals surface area contributed by atoms with E-state index < -0.39 is 0 Å². The minimum absolute atomic E-state index is 0.0977. The fraction of sp³-hybridized carbons (Fsp3) is 0.636. The lowest BCUT2D eigenvalue weighted by atomic mass is 10.2. The van der Waals surface area contributed by atoms with Crippen molar-refractivity contribution in [2.45, 2.75) is 19.0 Å². The van der Waals surface area contributed by atoms with Crippen LogP contribution >= 0.6 is 15.9 Å². The lowest BCUT2D eigenvalue weighted by Gasteiger charge is -2.15. The first-order valence-corrected chi connectivity index (χ1v) is 6.72. The van der Waals surface area contributed by atoms with Gasteiger partial charge in [-0.05, 0) is 35.9 Å². The van der Waals surface area contributed by atoms with E-state index in [0.29, 0.717) is 10.5 Å². The number of aliphatic hydroxyl groups is 1. The van der Waals surface area contributed by atoms with Crippen molar-refractivity contribution in [2.24, 2.45) is 0 Å². The lowest BCUT2D eigenvalue weighted by Crippen LogP contribution is -2.28. The topological polar surface area (TPSA) is 70.4 Å². The first-order valence-electron chi connectivity index (χ1n) is 5.93. The molecule has 1 atom stereocenters. The van der Waals surface area contributed by atoms with E-state index >= 15 is 0 Å². The Kier molecular flexibility index (Phi) is 4.36. The number of nitrogens with zero attached hydrogens (tertiary/aromatic N) is 3. The second-order valence-electron chi connectivity index (χ2n) is 4.52. The highest BCUT2D eigenvalue weighted by Gasteiger charge is 2.20. The molecule has 0 aromatic carbocycles. The predicted molar refractivity (Wildman–Crippen MR) is 72.8 cm³/mol. The molecule has 1 aliphatic heterocycles. The van der Waals surface area contributed by atoms with E-state index in [1.807, 2.05) is 0 Å². The van der Waals surface area contributed by atoms with Crippen molar-refractivity contribution in [3.05, 3.63) is 21.0 Å². The van der Waals surface area contributed by atoms with E-state index in [1.54, 1.807) is 6.20 Å². The summed E-state index contributed by atoms with van der Waals surface area (Å²) in [5.74, 6) is 0. The van der Waals surface area contributed by atoms with Crippen LogP contribution in [0.15, 0.2) is 15.5 Å². The van der Waals surface area contributed by atoms with E-state index in [9.17, 15) is 4.79 Å². The summed E-state index contributed by atoms with van der Waals surface area (Å²) in [6.07, 6.45) is 2.68. The van der Waals surface area contributed by atoms with Gasteiger partial charge in [-0.1, -0.05) is 0 Å². The third kappa shape index (κ3) is 2.90. The highest BCUT2D eigenvalue weighted by molar-refractivity contribution is 9.10. The van der Waals surface area contributed by atoms with Crippen LogP contribution in [0.1, 0.15) is 6.42 Å². The van der Waals surface area contributed by atoms with Gasteiger partial charge in [0.1, 0.15) is 4.47 Å². The van der Waals surface area contributed by atoms with Crippen molar-refractivity contribution in [2.75, 3.05) is 32.1 Å². The Morgan fingerprint density at radius 2 is 2.44 bits per heavy atom. The lowest BCUT2D eigenvalue weighted by molar-refractivity contribution is 0.266. The van der Waals surface area contributed by atoms with Crippen molar-refractivity contribution in [1.29, 1.82) is 0 Å². The van der Waals surface area contributed by atoms with Crippen LogP contribution in [0, 0.1) is 0 Å². The van der Waals surface area contributed by atoms with Gasteiger partial charge in [0.2, 0.25) is 0 Å². The summed E-state index contributed by atoms with van der Waals surface area (Å²) in [6, 6.07) is 0.348. The third-order valence-corrected chi connectivity index (χ3v) is 3.81. The van der Waals surface area contributed by atoms with Gasteiger partial charge in [-0.3, -0.25) is 4.79 Å². The van der Waals surface area contributed by atoms with Gasteiger partial charge in [-0.2, -0.15) is 5.10 Å². The highest BCUT2D eigenvalue weighted by atomic mass is 79.9. The van der Waals surface area contributed by atoms with Crippen molar-refractivity contribution < 1.29 is 5.11 Å². The second kappa shape index (κ2) is 5.81. The van der Waals surface area contributed by atoms with Crippen molar-refractivity contribution >= 4 is 21.6 Å². The van der Waals surface area contributed by atoms with Crippen LogP contribution in [0.25, 0.3) is 0 Å². The number of anilines is 1. The number of hydrogen-bond acceptors (Lipinski definition) is 5. The SMILES string of the molecule is CN1CCC(Nc2cnn(CCO)c(=O)c2Br)C1. The molecule has 0 aliphatic carbocycles. The number of aromatic nitrogens is 2. The smallest absolute Gasteiger partial charge is 0.283 e. The van der Waals surface area contributed by atoms with Crippen molar-refractivity contribution in [1.82, 2.24) is 14.7 Å². The maximum atomic E-state index is 11.9. The number of rotatable bonds is 4. The zero-order valence-electron chi connectivity index (χ0n) is 10.3. The number of likely N-dealkylation sites (N-methyl/N-ethyl adjacent to an activating group) is 1. The predicted octanol–water partition coefficient (Wildman–Crippen LogP) is 0.114. The molecule has 0 radical (unpaired) electrons. The fourth-order valence-electron chi connectivity index (χ4n) is 2.09. The van der Waals surface area contributed by atoms with Crippen LogP contribution < -0.4 is 10.9 Å². The summed E-state index contributed by atoms with van der Waals surface area (Å²) in [5.41, 5.74) is 0.495. The molecule has 0 amide bonds. The Morgan fingerprint density at radius 3 is 3.06 bits per heavy atom. The molecular formula is C11H17BrN4O2. The normalized spacial score (nSPS) is 20.3. The molecule has 0 spiro atoms. The summed E-state index contributed by atoms with van der Waals surface area (Å²) in [4.78, 5) is 14.2. The van der Waals surface area contributed by atoms with E-state index in [2.05, 4.69) is 38.3 Å². The molecule has 18 heavy (non-hydrogen) atoms. The zero-order chi connectivity index (χ0) is 13.1. The van der Waals surface area contributed by atoms with Gasteiger partial charge in [0.05, 0.1) is 25.0 Å². The Hall–Kier alpha value is -0.920. The zero-order valence-corrected chi connectivity index (χ0v) is 11.9. The summed E-state index contributed by atoms with van der Waals surface area (Å²) < 4.78 is 1.72. The Bertz CT molecular complexity index is 477. The van der Waals surface area contributed by atoms with E-state index in [1.165, 1.54) is 4.68 Å². The molecule has 1 aliphatic rings. The van der Waals surface area contributed by atoms with E-state index in [0.717, 1.165) is 25.2 Å². The van der Waals surface area contributed by atoms with E-state index in [4.69, 9.17) is 5.11 Å². The van der Waals surface area contributed by atoms with Gasteiger partial charge in [0, 0.05) is 12.6 Å². The van der Waals surface area contributed by atoms with E-state index in [-0.39, 0.29) is 18.7 Å². The largest absolute Gasteiger partial charge is 0.394 e. The van der Waals surface area contributed by atoms with Crippen molar-refractivity contribution in [3.8, 4) is 0 Å². The number of nitrogens with one attached hydrogen (secondary N) is 1. The standard InChI is InChI=1S/C11H17BrN4O2/c1-15-3-2-8(7-15)14-9-6-13-16(4-5-17)11(18)10(9)12/h6,8,14,17H,2-5,7H2,1H3. The summed E-state index contributed by atoms with van der Waals surface area (Å²) in [5, 5.41) is 16.2. The maximum Gasteiger partial charge on any atom is 0.283 e. The van der Waals surface area contributed by atoms with Crippen LogP contribution in [0.4, 0.5) is 5.69 Å². The minimum Gasteiger partial charge on any atom is -0.394 e. The molecule has 6 nitrogen and oxygen atoms in total. The van der Waals surface area contributed by atoms with Gasteiger partial charge in [0.25, 0.3) is 5.56 Å². The number of halogens is 1. The summed E-state index contributed by atoms with van der Waals surface area (Å²) in [6.45, 7) is 2.14. The fourth-order valence-corrected chi connectivity index (χ4v) is 2.51. The van der Waals surface area contributed by atoms with Gasteiger partial charge >= 0.3 is 0 Å². The molecule has 0 bridgehead atoms. The van der Waals surface area contributed by atoms with Crippen LogP contribution in [0.2, 0.25) is 0 Å². The van der Waals surface area contributed by atoms with Gasteiger partial charge < -0.3 is 15.3 Å². The maximum absolute atomic E-state index is 11.9. The quantitative estimate of drug-likeness (QED) is 0.825. The Balaban J connectivity index is 2.14. The van der Waals surface area contributed by atoms with Crippen LogP contribution in [0.5, 0.6) is 0 Å². The third-order valence-electron chi connectivity index (χ3n) is 3.05.